The maximum Gasteiger partial charge on any atom is 0.337 e. The SMILES string of the molecule is CSCCCCn1cnc2cccc(C(=O)O)c21. The lowest BCUT2D eigenvalue weighted by Crippen LogP contribution is -2.03. The summed E-state index contributed by atoms with van der Waals surface area (Å²) in [5.41, 5.74) is 1.81. The Labute approximate surface area is 110 Å². The van der Waals surface area contributed by atoms with Gasteiger partial charge in [0.25, 0.3) is 0 Å². The average molecular weight is 264 g/mol. The Morgan fingerprint density at radius 2 is 2.28 bits per heavy atom. The van der Waals surface area contributed by atoms with Crippen molar-refractivity contribution < 1.29 is 9.90 Å². The summed E-state index contributed by atoms with van der Waals surface area (Å²) < 4.78 is 1.94. The van der Waals surface area contributed by atoms with Gasteiger partial charge < -0.3 is 9.67 Å². The van der Waals surface area contributed by atoms with Crippen LogP contribution in [0.4, 0.5) is 0 Å². The van der Waals surface area contributed by atoms with E-state index in [1.807, 2.05) is 22.4 Å². The first-order valence-corrected chi connectivity index (χ1v) is 7.29. The molecule has 5 heteroatoms. The summed E-state index contributed by atoms with van der Waals surface area (Å²) in [5, 5.41) is 9.19. The summed E-state index contributed by atoms with van der Waals surface area (Å²) in [6.45, 7) is 0.821. The van der Waals surface area contributed by atoms with Crippen molar-refractivity contribution in [3.63, 3.8) is 0 Å². The number of thioether (sulfide) groups is 1. The van der Waals surface area contributed by atoms with Crippen LogP contribution in [0.1, 0.15) is 23.2 Å². The number of nitrogens with zero attached hydrogens (tertiary/aromatic N) is 2. The van der Waals surface area contributed by atoms with Crippen molar-refractivity contribution in [3.8, 4) is 0 Å². The molecule has 0 atom stereocenters. The van der Waals surface area contributed by atoms with Crippen molar-refractivity contribution in [1.29, 1.82) is 0 Å². The minimum atomic E-state index is -0.897. The van der Waals surface area contributed by atoms with Gasteiger partial charge in [0.2, 0.25) is 0 Å². The number of unbranched alkanes of at least 4 members (excludes halogenated alkanes) is 1. The second-order valence-electron chi connectivity index (χ2n) is 4.12. The van der Waals surface area contributed by atoms with Crippen LogP contribution >= 0.6 is 11.8 Å². The first-order chi connectivity index (χ1) is 8.74. The van der Waals surface area contributed by atoms with Crippen molar-refractivity contribution in [1.82, 2.24) is 9.55 Å². The van der Waals surface area contributed by atoms with Gasteiger partial charge in [-0.1, -0.05) is 6.07 Å². The quantitative estimate of drug-likeness (QED) is 0.815. The van der Waals surface area contributed by atoms with Crippen LogP contribution in [0, 0.1) is 0 Å². The van der Waals surface area contributed by atoms with Gasteiger partial charge >= 0.3 is 5.97 Å². The third-order valence-electron chi connectivity index (χ3n) is 2.87. The molecule has 0 fully saturated rings. The summed E-state index contributed by atoms with van der Waals surface area (Å²) in [7, 11) is 0. The maximum atomic E-state index is 11.2. The number of carboxylic acids is 1. The first-order valence-electron chi connectivity index (χ1n) is 5.90. The second-order valence-corrected chi connectivity index (χ2v) is 5.10. The fourth-order valence-electron chi connectivity index (χ4n) is 2.00. The average Bonchev–Trinajstić information content (AvgIpc) is 2.77. The third kappa shape index (κ3) is 2.67. The minimum Gasteiger partial charge on any atom is -0.478 e. The number of para-hydroxylation sites is 1. The fourth-order valence-corrected chi connectivity index (χ4v) is 2.49. The summed E-state index contributed by atoms with van der Waals surface area (Å²) in [4.78, 5) is 15.5. The molecular weight excluding hydrogens is 248 g/mol. The molecular formula is C13H16N2O2S. The van der Waals surface area contributed by atoms with Crippen LogP contribution in [-0.4, -0.2) is 32.6 Å². The number of carboxylic acid groups (broad SMARTS) is 1. The van der Waals surface area contributed by atoms with E-state index in [4.69, 9.17) is 0 Å². The Bertz CT molecular complexity index is 551. The molecule has 0 aliphatic carbocycles. The van der Waals surface area contributed by atoms with Gasteiger partial charge in [-0.2, -0.15) is 11.8 Å². The van der Waals surface area contributed by atoms with Gasteiger partial charge in [0.15, 0.2) is 0 Å². The fraction of sp³-hybridized carbons (Fsp3) is 0.385. The Kier molecular flexibility index (Phi) is 4.25. The zero-order valence-corrected chi connectivity index (χ0v) is 11.1. The monoisotopic (exact) mass is 264 g/mol. The van der Waals surface area contributed by atoms with Crippen molar-refractivity contribution >= 4 is 28.8 Å². The summed E-state index contributed by atoms with van der Waals surface area (Å²) in [6, 6.07) is 5.21. The van der Waals surface area contributed by atoms with Gasteiger partial charge in [0, 0.05) is 6.54 Å². The molecule has 0 bridgehead atoms. The number of fused-ring (bicyclic) bond motifs is 1. The molecule has 4 nitrogen and oxygen atoms in total. The van der Waals surface area contributed by atoms with E-state index in [-0.39, 0.29) is 0 Å². The van der Waals surface area contributed by atoms with E-state index in [9.17, 15) is 9.90 Å². The van der Waals surface area contributed by atoms with Gasteiger partial charge in [-0.25, -0.2) is 9.78 Å². The largest absolute Gasteiger partial charge is 0.478 e. The highest BCUT2D eigenvalue weighted by molar-refractivity contribution is 7.98. The van der Waals surface area contributed by atoms with E-state index in [1.54, 1.807) is 18.5 Å². The van der Waals surface area contributed by atoms with Crippen molar-refractivity contribution in [2.45, 2.75) is 19.4 Å². The number of rotatable bonds is 6. The third-order valence-corrected chi connectivity index (χ3v) is 3.56. The zero-order valence-electron chi connectivity index (χ0n) is 10.3. The van der Waals surface area contributed by atoms with E-state index in [0.29, 0.717) is 5.56 Å². The van der Waals surface area contributed by atoms with E-state index < -0.39 is 5.97 Å². The molecule has 0 amide bonds. The molecule has 0 radical (unpaired) electrons. The zero-order chi connectivity index (χ0) is 13.0. The maximum absolute atomic E-state index is 11.2. The molecule has 0 saturated heterocycles. The van der Waals surface area contributed by atoms with Gasteiger partial charge in [0.1, 0.15) is 0 Å². The van der Waals surface area contributed by atoms with Crippen LogP contribution in [0.5, 0.6) is 0 Å². The van der Waals surface area contributed by atoms with Gasteiger partial charge in [-0.05, 0) is 37.0 Å². The molecule has 0 saturated carbocycles. The number of aryl methyl sites for hydroxylation is 1. The van der Waals surface area contributed by atoms with Gasteiger partial charge in [-0.15, -0.1) is 0 Å². The molecule has 0 spiro atoms. The number of aromatic carboxylic acids is 1. The van der Waals surface area contributed by atoms with E-state index in [2.05, 4.69) is 11.2 Å². The van der Waals surface area contributed by atoms with Gasteiger partial charge in [0.05, 0.1) is 22.9 Å². The number of imidazole rings is 1. The standard InChI is InChI=1S/C13H16N2O2S/c1-18-8-3-2-7-15-9-14-11-6-4-5-10(12(11)15)13(16)17/h4-6,9H,2-3,7-8H2,1H3,(H,16,17). The lowest BCUT2D eigenvalue weighted by atomic mass is 10.2. The highest BCUT2D eigenvalue weighted by atomic mass is 32.2. The second kappa shape index (κ2) is 5.91. The Hall–Kier alpha value is -1.49. The van der Waals surface area contributed by atoms with Crippen LogP contribution < -0.4 is 0 Å². The van der Waals surface area contributed by atoms with Crippen LogP contribution in [-0.2, 0) is 6.54 Å². The van der Waals surface area contributed by atoms with Crippen LogP contribution in [0.3, 0.4) is 0 Å². The molecule has 2 aromatic rings. The topological polar surface area (TPSA) is 55.1 Å². The molecule has 0 unspecified atom stereocenters. The van der Waals surface area contributed by atoms with Crippen molar-refractivity contribution in [3.05, 3.63) is 30.1 Å². The first kappa shape index (κ1) is 13.0. The van der Waals surface area contributed by atoms with E-state index in [0.717, 1.165) is 36.2 Å². The Morgan fingerprint density at radius 1 is 1.44 bits per heavy atom. The Morgan fingerprint density at radius 3 is 3.00 bits per heavy atom. The minimum absolute atomic E-state index is 0.329. The van der Waals surface area contributed by atoms with Gasteiger partial charge in [-0.3, -0.25) is 0 Å². The number of hydrogen-bond donors (Lipinski definition) is 1. The normalized spacial score (nSPS) is 10.9. The number of benzene rings is 1. The Balaban J connectivity index is 2.25. The molecule has 1 N–H and O–H groups in total. The van der Waals surface area contributed by atoms with Crippen LogP contribution in [0.2, 0.25) is 0 Å². The highest BCUT2D eigenvalue weighted by Gasteiger charge is 2.12. The predicted molar refractivity (Wildman–Crippen MR) is 74.3 cm³/mol. The molecule has 1 heterocycles. The smallest absolute Gasteiger partial charge is 0.337 e. The molecule has 1 aromatic carbocycles. The number of hydrogen-bond acceptors (Lipinski definition) is 3. The molecule has 0 aliphatic heterocycles. The molecule has 0 aliphatic rings. The lowest BCUT2D eigenvalue weighted by Gasteiger charge is -2.06. The van der Waals surface area contributed by atoms with Crippen molar-refractivity contribution in [2.75, 3.05) is 12.0 Å². The predicted octanol–water partition coefficient (Wildman–Crippen LogP) is 2.88. The lowest BCUT2D eigenvalue weighted by molar-refractivity contribution is 0.0698. The van der Waals surface area contributed by atoms with Crippen molar-refractivity contribution in [2.24, 2.45) is 0 Å². The van der Waals surface area contributed by atoms with E-state index in [1.165, 1.54) is 0 Å². The number of aromatic nitrogens is 2. The molecule has 2 rings (SSSR count). The molecule has 18 heavy (non-hydrogen) atoms. The summed E-state index contributed by atoms with van der Waals surface area (Å²) in [6.07, 6.45) is 6.00. The summed E-state index contributed by atoms with van der Waals surface area (Å²) >= 11 is 1.83. The highest BCUT2D eigenvalue weighted by Crippen LogP contribution is 2.18. The van der Waals surface area contributed by atoms with Crippen LogP contribution in [0.25, 0.3) is 11.0 Å². The summed E-state index contributed by atoms with van der Waals surface area (Å²) in [5.74, 6) is 0.241. The van der Waals surface area contributed by atoms with Crippen LogP contribution in [0.15, 0.2) is 24.5 Å². The number of carbonyl (C=O) groups is 1. The molecule has 1 aromatic heterocycles. The van der Waals surface area contributed by atoms with E-state index >= 15 is 0 Å². The molecule has 96 valence electrons.